The highest BCUT2D eigenvalue weighted by Gasteiger charge is 2.31. The highest BCUT2D eigenvalue weighted by molar-refractivity contribution is 6.30. The van der Waals surface area contributed by atoms with Crippen LogP contribution in [-0.2, 0) is 6.42 Å². The molecule has 0 aliphatic carbocycles. The third kappa shape index (κ3) is 5.60. The van der Waals surface area contributed by atoms with Gasteiger partial charge in [-0.3, -0.25) is 4.90 Å². The highest BCUT2D eigenvalue weighted by Crippen LogP contribution is 2.29. The van der Waals surface area contributed by atoms with Crippen LogP contribution in [0.1, 0.15) is 32.3 Å². The van der Waals surface area contributed by atoms with E-state index < -0.39 is 0 Å². The fraction of sp³-hybridized carbons (Fsp3) is 0.455. The highest BCUT2D eigenvalue weighted by atomic mass is 35.5. The van der Waals surface area contributed by atoms with Crippen LogP contribution in [0.3, 0.4) is 0 Å². The van der Waals surface area contributed by atoms with Crippen molar-refractivity contribution in [2.75, 3.05) is 26.2 Å². The monoisotopic (exact) mass is 391 g/mol. The van der Waals surface area contributed by atoms with E-state index in [0.29, 0.717) is 17.4 Å². The summed E-state index contributed by atoms with van der Waals surface area (Å²) in [5.41, 5.74) is 0.877. The molecule has 0 saturated carbocycles. The van der Waals surface area contributed by atoms with Crippen LogP contribution in [0.4, 0.5) is 4.39 Å². The summed E-state index contributed by atoms with van der Waals surface area (Å²) in [6.07, 6.45) is 2.74. The maximum Gasteiger partial charge on any atom is 0.126 e. The Morgan fingerprint density at radius 1 is 1.11 bits per heavy atom. The standard InChI is InChI=1S/C22H27ClFNO2/c1-3-17-4-7-19(24)16-21(17)26-15-14-25-12-10-22(2,11-13-25)27-20-8-5-18(23)6-9-20/h4-9,16H,3,10-15H2,1-2H3. The SMILES string of the molecule is CCc1ccc(F)cc1OCCN1CCC(C)(Oc2ccc(Cl)cc2)CC1. The van der Waals surface area contributed by atoms with Crippen molar-refractivity contribution in [3.63, 3.8) is 0 Å². The lowest BCUT2D eigenvalue weighted by Crippen LogP contribution is -2.47. The molecule has 0 aromatic heterocycles. The molecule has 0 unspecified atom stereocenters. The Hall–Kier alpha value is -1.78. The molecule has 2 aromatic carbocycles. The quantitative estimate of drug-likeness (QED) is 0.634. The molecule has 0 amide bonds. The fourth-order valence-electron chi connectivity index (χ4n) is 3.38. The molecule has 3 nitrogen and oxygen atoms in total. The summed E-state index contributed by atoms with van der Waals surface area (Å²) in [5, 5.41) is 0.715. The Labute approximate surface area is 166 Å². The number of nitrogens with zero attached hydrogens (tertiary/aromatic N) is 1. The molecule has 1 saturated heterocycles. The molecule has 2 aromatic rings. The fourth-order valence-corrected chi connectivity index (χ4v) is 3.50. The lowest BCUT2D eigenvalue weighted by atomic mass is 9.93. The van der Waals surface area contributed by atoms with E-state index in [2.05, 4.69) is 11.8 Å². The van der Waals surface area contributed by atoms with Crippen LogP contribution in [0.25, 0.3) is 0 Å². The first kappa shape index (κ1) is 20.0. The number of likely N-dealkylation sites (tertiary alicyclic amines) is 1. The van der Waals surface area contributed by atoms with Crippen molar-refractivity contribution in [2.45, 2.75) is 38.7 Å². The summed E-state index contributed by atoms with van der Waals surface area (Å²) in [6.45, 7) is 7.51. The van der Waals surface area contributed by atoms with E-state index in [0.717, 1.165) is 50.2 Å². The van der Waals surface area contributed by atoms with E-state index in [9.17, 15) is 4.39 Å². The van der Waals surface area contributed by atoms with Crippen molar-refractivity contribution in [1.29, 1.82) is 0 Å². The normalized spacial score (nSPS) is 16.9. The Morgan fingerprint density at radius 3 is 2.48 bits per heavy atom. The van der Waals surface area contributed by atoms with Gasteiger partial charge in [-0.25, -0.2) is 4.39 Å². The van der Waals surface area contributed by atoms with Gasteiger partial charge in [0, 0.05) is 30.7 Å². The lowest BCUT2D eigenvalue weighted by Gasteiger charge is -2.39. The number of hydrogen-bond acceptors (Lipinski definition) is 3. The first-order valence-electron chi connectivity index (χ1n) is 9.55. The number of benzene rings is 2. The zero-order chi connectivity index (χ0) is 19.3. The average Bonchev–Trinajstić information content (AvgIpc) is 2.66. The van der Waals surface area contributed by atoms with E-state index in [4.69, 9.17) is 21.1 Å². The predicted molar refractivity (Wildman–Crippen MR) is 107 cm³/mol. The van der Waals surface area contributed by atoms with E-state index in [-0.39, 0.29) is 11.4 Å². The Kier molecular flexibility index (Phi) is 6.61. The smallest absolute Gasteiger partial charge is 0.126 e. The van der Waals surface area contributed by atoms with Gasteiger partial charge in [0.2, 0.25) is 0 Å². The van der Waals surface area contributed by atoms with E-state index in [1.54, 1.807) is 6.07 Å². The summed E-state index contributed by atoms with van der Waals surface area (Å²) in [7, 11) is 0. The van der Waals surface area contributed by atoms with Crippen LogP contribution in [-0.4, -0.2) is 36.7 Å². The molecule has 3 rings (SSSR count). The van der Waals surface area contributed by atoms with Crippen LogP contribution in [0, 0.1) is 5.82 Å². The summed E-state index contributed by atoms with van der Waals surface area (Å²) in [4.78, 5) is 2.37. The van der Waals surface area contributed by atoms with Gasteiger partial charge in [-0.15, -0.1) is 0 Å². The van der Waals surface area contributed by atoms with E-state index >= 15 is 0 Å². The molecule has 1 aliphatic rings. The molecule has 0 bridgehead atoms. The minimum atomic E-state index is -0.254. The van der Waals surface area contributed by atoms with Crippen LogP contribution in [0.5, 0.6) is 11.5 Å². The molecule has 1 heterocycles. The minimum absolute atomic E-state index is 0.164. The second kappa shape index (κ2) is 8.94. The van der Waals surface area contributed by atoms with Gasteiger partial charge in [-0.2, -0.15) is 0 Å². The zero-order valence-electron chi connectivity index (χ0n) is 16.0. The number of rotatable bonds is 7. The van der Waals surface area contributed by atoms with Gasteiger partial charge >= 0.3 is 0 Å². The van der Waals surface area contributed by atoms with Crippen LogP contribution in [0.15, 0.2) is 42.5 Å². The molecule has 1 fully saturated rings. The third-order valence-corrected chi connectivity index (χ3v) is 5.42. The summed E-state index contributed by atoms with van der Waals surface area (Å²) in [6, 6.07) is 12.3. The minimum Gasteiger partial charge on any atom is -0.492 e. The molecule has 1 aliphatic heterocycles. The van der Waals surface area contributed by atoms with Crippen LogP contribution in [0.2, 0.25) is 5.02 Å². The van der Waals surface area contributed by atoms with Gasteiger partial charge < -0.3 is 9.47 Å². The van der Waals surface area contributed by atoms with E-state index in [1.165, 1.54) is 12.1 Å². The molecule has 0 N–H and O–H groups in total. The van der Waals surface area contributed by atoms with Crippen LogP contribution >= 0.6 is 11.6 Å². The van der Waals surface area contributed by atoms with Gasteiger partial charge in [-0.1, -0.05) is 24.6 Å². The van der Waals surface area contributed by atoms with Gasteiger partial charge in [-0.05, 0) is 62.1 Å². The number of ether oxygens (including phenoxy) is 2. The predicted octanol–water partition coefficient (Wildman–Crippen LogP) is 5.35. The number of aryl methyl sites for hydroxylation is 1. The van der Waals surface area contributed by atoms with Gasteiger partial charge in [0.15, 0.2) is 0 Å². The average molecular weight is 392 g/mol. The van der Waals surface area contributed by atoms with E-state index in [1.807, 2.05) is 31.2 Å². The molecule has 5 heteroatoms. The van der Waals surface area contributed by atoms with Gasteiger partial charge in [0.05, 0.1) is 0 Å². The second-order valence-corrected chi connectivity index (χ2v) is 7.74. The molecule has 0 atom stereocenters. The van der Waals surface area contributed by atoms with Gasteiger partial charge in [0.25, 0.3) is 0 Å². The number of halogens is 2. The Balaban J connectivity index is 1.45. The molecular formula is C22H27ClFNO2. The van der Waals surface area contributed by atoms with Gasteiger partial charge in [0.1, 0.15) is 29.5 Å². The molecular weight excluding hydrogens is 365 g/mol. The van der Waals surface area contributed by atoms with Crippen molar-refractivity contribution in [1.82, 2.24) is 4.90 Å². The Bertz CT molecular complexity index is 742. The van der Waals surface area contributed by atoms with Crippen molar-refractivity contribution in [3.8, 4) is 11.5 Å². The first-order valence-corrected chi connectivity index (χ1v) is 9.93. The maximum atomic E-state index is 13.4. The number of hydrogen-bond donors (Lipinski definition) is 0. The Morgan fingerprint density at radius 2 is 1.81 bits per heavy atom. The van der Waals surface area contributed by atoms with Crippen molar-refractivity contribution < 1.29 is 13.9 Å². The largest absolute Gasteiger partial charge is 0.492 e. The topological polar surface area (TPSA) is 21.7 Å². The molecule has 146 valence electrons. The summed E-state index contributed by atoms with van der Waals surface area (Å²) in [5.74, 6) is 1.26. The summed E-state index contributed by atoms with van der Waals surface area (Å²) < 4.78 is 25.5. The third-order valence-electron chi connectivity index (χ3n) is 5.17. The summed E-state index contributed by atoms with van der Waals surface area (Å²) >= 11 is 5.93. The lowest BCUT2D eigenvalue weighted by molar-refractivity contribution is 0.0135. The second-order valence-electron chi connectivity index (χ2n) is 7.30. The zero-order valence-corrected chi connectivity index (χ0v) is 16.8. The van der Waals surface area contributed by atoms with Crippen molar-refractivity contribution >= 4 is 11.6 Å². The molecule has 0 spiro atoms. The molecule has 27 heavy (non-hydrogen) atoms. The van der Waals surface area contributed by atoms with Crippen molar-refractivity contribution in [3.05, 3.63) is 58.9 Å². The number of piperidine rings is 1. The first-order chi connectivity index (χ1) is 13.0. The van der Waals surface area contributed by atoms with Crippen molar-refractivity contribution in [2.24, 2.45) is 0 Å². The maximum absolute atomic E-state index is 13.4. The molecule has 0 radical (unpaired) electrons. The van der Waals surface area contributed by atoms with Crippen LogP contribution < -0.4 is 9.47 Å².